The fourth-order valence-corrected chi connectivity index (χ4v) is 2.09. The molecule has 0 saturated heterocycles. The van der Waals surface area contributed by atoms with Gasteiger partial charge in [-0.1, -0.05) is 45.4 Å². The van der Waals surface area contributed by atoms with Crippen LogP contribution in [0.2, 0.25) is 0 Å². The Hall–Kier alpha value is -2.01. The van der Waals surface area contributed by atoms with Crippen molar-refractivity contribution in [3.63, 3.8) is 0 Å². The number of nitrogens with one attached hydrogen (secondary N) is 1. The van der Waals surface area contributed by atoms with Crippen molar-refractivity contribution in [2.75, 3.05) is 0 Å². The van der Waals surface area contributed by atoms with E-state index in [4.69, 9.17) is 10.5 Å². The van der Waals surface area contributed by atoms with E-state index in [0.717, 1.165) is 0 Å². The average Bonchev–Trinajstić information content (AvgIpc) is 2.89. The Kier molecular flexibility index (Phi) is 13.0. The van der Waals surface area contributed by atoms with Crippen molar-refractivity contribution in [3.8, 4) is 12.4 Å². The molecule has 0 spiro atoms. The van der Waals surface area contributed by atoms with Crippen molar-refractivity contribution in [2.45, 2.75) is 64.8 Å². The second-order valence-corrected chi connectivity index (χ2v) is 5.14. The van der Waals surface area contributed by atoms with Crippen LogP contribution < -0.4 is 9.88 Å². The van der Waals surface area contributed by atoms with E-state index < -0.39 is 0 Å². The number of rotatable bonds is 9. The quantitative estimate of drug-likeness (QED) is 0.329. The molecule has 5 nitrogen and oxygen atoms in total. The Morgan fingerprint density at radius 1 is 1.00 bits per heavy atom. The molecular formula is C16H28N5+. The number of nitriles is 2. The van der Waals surface area contributed by atoms with Crippen LogP contribution in [0.5, 0.6) is 0 Å². The van der Waals surface area contributed by atoms with E-state index in [1.54, 1.807) is 5.32 Å². The fraction of sp³-hybridized carbons (Fsp3) is 0.688. The summed E-state index contributed by atoms with van der Waals surface area (Å²) in [6.07, 6.45) is 20.4. The van der Waals surface area contributed by atoms with E-state index in [-0.39, 0.29) is 0 Å². The molecule has 21 heavy (non-hydrogen) atoms. The Bertz CT molecular complexity index is 413. The van der Waals surface area contributed by atoms with Crippen LogP contribution in [-0.2, 0) is 13.6 Å². The highest BCUT2D eigenvalue weighted by molar-refractivity contribution is 4.77. The molecule has 0 saturated carbocycles. The van der Waals surface area contributed by atoms with Crippen LogP contribution >= 0.6 is 0 Å². The molecule has 0 aromatic carbocycles. The summed E-state index contributed by atoms with van der Waals surface area (Å²) >= 11 is 0. The van der Waals surface area contributed by atoms with Crippen LogP contribution in [0.25, 0.3) is 0 Å². The average molecular weight is 290 g/mol. The number of imidazole rings is 1. The molecule has 5 heteroatoms. The molecule has 1 heterocycles. The molecule has 0 aliphatic rings. The van der Waals surface area contributed by atoms with Crippen LogP contribution in [0, 0.1) is 22.9 Å². The maximum absolute atomic E-state index is 7.48. The lowest BCUT2D eigenvalue weighted by atomic mass is 10.1. The van der Waals surface area contributed by atoms with Crippen molar-refractivity contribution in [1.29, 1.82) is 10.5 Å². The van der Waals surface area contributed by atoms with Crippen LogP contribution in [0.15, 0.2) is 18.7 Å². The Balaban J connectivity index is 0.000000690. The molecule has 0 radical (unpaired) electrons. The zero-order valence-electron chi connectivity index (χ0n) is 13.4. The van der Waals surface area contributed by atoms with Gasteiger partial charge in [-0.15, -0.1) is 0 Å². The predicted octanol–water partition coefficient (Wildman–Crippen LogP) is 2.99. The van der Waals surface area contributed by atoms with Gasteiger partial charge in [0.05, 0.1) is 13.6 Å². The molecule has 1 aromatic heterocycles. The second-order valence-electron chi connectivity index (χ2n) is 5.14. The number of hydrogen-bond donors (Lipinski definition) is 1. The molecule has 1 aromatic rings. The first-order valence-corrected chi connectivity index (χ1v) is 7.78. The van der Waals surface area contributed by atoms with E-state index in [9.17, 15) is 0 Å². The van der Waals surface area contributed by atoms with Gasteiger partial charge in [-0.25, -0.2) is 14.5 Å². The molecule has 0 amide bonds. The minimum Gasteiger partial charge on any atom is -0.240 e. The number of unbranched alkanes of at least 4 members (excludes halogenated alkanes) is 7. The van der Waals surface area contributed by atoms with Gasteiger partial charge >= 0.3 is 0 Å². The van der Waals surface area contributed by atoms with Gasteiger partial charge in [0.15, 0.2) is 12.4 Å². The summed E-state index contributed by atoms with van der Waals surface area (Å²) in [6, 6.07) is 0. The molecule has 0 aliphatic heterocycles. The molecule has 0 bridgehead atoms. The number of aromatic nitrogens is 2. The standard InChI is InChI=1S/C14H27N2.C2HN3/c1-3-4-5-6-7-8-9-10-11-16-13-12-15(2)14-16;3-1-5-2-4/h12-14H,3-11H2,1-2H3;5H/q+1;. The maximum Gasteiger partial charge on any atom is 0.243 e. The first-order chi connectivity index (χ1) is 10.2. The van der Waals surface area contributed by atoms with Gasteiger partial charge in [-0.2, -0.15) is 10.5 Å². The molecule has 0 fully saturated rings. The molecule has 0 atom stereocenters. The van der Waals surface area contributed by atoms with Gasteiger partial charge in [0.25, 0.3) is 0 Å². The smallest absolute Gasteiger partial charge is 0.240 e. The van der Waals surface area contributed by atoms with Gasteiger partial charge < -0.3 is 0 Å². The summed E-state index contributed by atoms with van der Waals surface area (Å²) in [4.78, 5) is 0. The highest BCUT2D eigenvalue weighted by atomic mass is 15.1. The Morgan fingerprint density at radius 3 is 2.00 bits per heavy atom. The van der Waals surface area contributed by atoms with Crippen molar-refractivity contribution >= 4 is 0 Å². The number of aryl methyl sites for hydroxylation is 2. The molecular weight excluding hydrogens is 262 g/mol. The largest absolute Gasteiger partial charge is 0.243 e. The summed E-state index contributed by atoms with van der Waals surface area (Å²) < 4.78 is 4.38. The lowest BCUT2D eigenvalue weighted by molar-refractivity contribution is -0.671. The van der Waals surface area contributed by atoms with Gasteiger partial charge in [-0.3, -0.25) is 0 Å². The van der Waals surface area contributed by atoms with E-state index in [0.29, 0.717) is 0 Å². The van der Waals surface area contributed by atoms with Gasteiger partial charge in [0.1, 0.15) is 12.4 Å². The van der Waals surface area contributed by atoms with Crippen LogP contribution in [0.1, 0.15) is 58.3 Å². The normalized spacial score (nSPS) is 9.14. The minimum absolute atomic E-state index is 1.18. The lowest BCUT2D eigenvalue weighted by Crippen LogP contribution is -2.23. The molecule has 1 rings (SSSR count). The van der Waals surface area contributed by atoms with E-state index in [2.05, 4.69) is 41.8 Å². The van der Waals surface area contributed by atoms with Gasteiger partial charge in [-0.05, 0) is 12.8 Å². The Labute approximate surface area is 128 Å². The summed E-state index contributed by atoms with van der Waals surface area (Å²) in [5.41, 5.74) is 0. The topological polar surface area (TPSA) is 68.4 Å². The van der Waals surface area contributed by atoms with E-state index in [1.807, 2.05) is 0 Å². The fourth-order valence-electron chi connectivity index (χ4n) is 2.09. The van der Waals surface area contributed by atoms with Gasteiger partial charge in [0, 0.05) is 0 Å². The first-order valence-electron chi connectivity index (χ1n) is 7.78. The summed E-state index contributed by atoms with van der Waals surface area (Å²) in [5.74, 6) is 0. The van der Waals surface area contributed by atoms with Crippen molar-refractivity contribution < 1.29 is 4.57 Å². The van der Waals surface area contributed by atoms with E-state index >= 15 is 0 Å². The summed E-state index contributed by atoms with van der Waals surface area (Å²) in [6.45, 7) is 3.45. The third kappa shape index (κ3) is 12.8. The van der Waals surface area contributed by atoms with Crippen molar-refractivity contribution in [2.24, 2.45) is 7.05 Å². The van der Waals surface area contributed by atoms with Crippen molar-refractivity contribution in [3.05, 3.63) is 18.7 Å². The second kappa shape index (κ2) is 14.4. The third-order valence-corrected chi connectivity index (χ3v) is 3.21. The highest BCUT2D eigenvalue weighted by Crippen LogP contribution is 2.08. The summed E-state index contributed by atoms with van der Waals surface area (Å²) in [7, 11) is 2.07. The Morgan fingerprint density at radius 2 is 1.57 bits per heavy atom. The molecule has 0 aliphatic carbocycles. The van der Waals surface area contributed by atoms with Crippen LogP contribution in [-0.4, -0.2) is 4.57 Å². The maximum atomic E-state index is 7.48. The van der Waals surface area contributed by atoms with Gasteiger partial charge in [0.2, 0.25) is 6.33 Å². The predicted molar refractivity (Wildman–Crippen MR) is 82.6 cm³/mol. The van der Waals surface area contributed by atoms with Crippen LogP contribution in [0.4, 0.5) is 0 Å². The molecule has 1 N–H and O–H groups in total. The van der Waals surface area contributed by atoms with E-state index in [1.165, 1.54) is 70.3 Å². The third-order valence-electron chi connectivity index (χ3n) is 3.21. The SMILES string of the molecule is CCCCCCCCCCn1cc[n+](C)c1.N#CNC#N. The molecule has 0 unspecified atom stereocenters. The lowest BCUT2D eigenvalue weighted by Gasteiger charge is -2.00. The zero-order chi connectivity index (χ0) is 15.8. The summed E-state index contributed by atoms with van der Waals surface area (Å²) in [5, 5.41) is 16.7. The van der Waals surface area contributed by atoms with Crippen molar-refractivity contribution in [1.82, 2.24) is 9.88 Å². The minimum atomic E-state index is 1.18. The monoisotopic (exact) mass is 290 g/mol. The number of nitrogens with zero attached hydrogens (tertiary/aromatic N) is 4. The molecule has 116 valence electrons. The zero-order valence-corrected chi connectivity index (χ0v) is 13.4. The van der Waals surface area contributed by atoms with Crippen LogP contribution in [0.3, 0.4) is 0 Å². The number of hydrogen-bond acceptors (Lipinski definition) is 3. The highest BCUT2D eigenvalue weighted by Gasteiger charge is 1.98. The first kappa shape index (κ1) is 19.0.